The number of oxazole rings is 1. The lowest BCUT2D eigenvalue weighted by atomic mass is 10.5. The summed E-state index contributed by atoms with van der Waals surface area (Å²) in [6, 6.07) is 1.82. The van der Waals surface area contributed by atoms with Crippen LogP contribution in [0.25, 0.3) is 0 Å². The molecule has 0 radical (unpaired) electrons. The van der Waals surface area contributed by atoms with Gasteiger partial charge in [-0.05, 0) is 0 Å². The quantitative estimate of drug-likeness (QED) is 0.730. The number of hydrogen-bond donors (Lipinski definition) is 1. The van der Waals surface area contributed by atoms with Crippen LogP contribution in [0.5, 0.6) is 0 Å². The number of nitrogens with zero attached hydrogens (tertiary/aromatic N) is 2. The fourth-order valence-electron chi connectivity index (χ4n) is 0.704. The van der Waals surface area contributed by atoms with Crippen molar-refractivity contribution in [3.8, 4) is 6.07 Å². The van der Waals surface area contributed by atoms with E-state index >= 15 is 0 Å². The standard InChI is InChI=1S/C7H6N2O3S/c1-4-9-5(2-8)7(12-4)13-3-6(10)11/h3H2,1H3,(H,10,11). The number of hydrogen-bond acceptors (Lipinski definition) is 5. The van der Waals surface area contributed by atoms with Crippen LogP contribution in [0.4, 0.5) is 0 Å². The predicted molar refractivity (Wildman–Crippen MR) is 44.3 cm³/mol. The second-order valence-corrected chi connectivity index (χ2v) is 3.11. The Labute approximate surface area is 78.4 Å². The minimum Gasteiger partial charge on any atom is -0.481 e. The summed E-state index contributed by atoms with van der Waals surface area (Å²) in [6.45, 7) is 1.60. The molecule has 0 atom stereocenters. The summed E-state index contributed by atoms with van der Waals surface area (Å²) in [5.74, 6) is -0.726. The largest absolute Gasteiger partial charge is 0.481 e. The normalized spacial score (nSPS) is 9.54. The molecule has 68 valence electrons. The first-order chi connectivity index (χ1) is 6.13. The average molecular weight is 198 g/mol. The Morgan fingerprint density at radius 1 is 1.85 bits per heavy atom. The molecule has 1 heterocycles. The third kappa shape index (κ3) is 2.49. The van der Waals surface area contributed by atoms with Crippen LogP contribution in [-0.2, 0) is 4.79 Å². The van der Waals surface area contributed by atoms with Crippen LogP contribution in [0, 0.1) is 18.3 Å². The molecule has 0 bridgehead atoms. The Morgan fingerprint density at radius 3 is 3.08 bits per heavy atom. The summed E-state index contributed by atoms with van der Waals surface area (Å²) >= 11 is 0.949. The Hall–Kier alpha value is -1.48. The lowest BCUT2D eigenvalue weighted by molar-refractivity contribution is -0.133. The van der Waals surface area contributed by atoms with Crippen LogP contribution < -0.4 is 0 Å². The van der Waals surface area contributed by atoms with E-state index < -0.39 is 5.97 Å². The van der Waals surface area contributed by atoms with Gasteiger partial charge in [0.05, 0.1) is 5.75 Å². The number of aryl methyl sites for hydroxylation is 1. The van der Waals surface area contributed by atoms with Gasteiger partial charge in [-0.25, -0.2) is 4.98 Å². The van der Waals surface area contributed by atoms with Gasteiger partial charge in [0.2, 0.25) is 0 Å². The second-order valence-electron chi connectivity index (χ2n) is 2.16. The fourth-order valence-corrected chi connectivity index (χ4v) is 1.37. The molecule has 0 aliphatic heterocycles. The second kappa shape index (κ2) is 3.96. The molecule has 6 heteroatoms. The van der Waals surface area contributed by atoms with E-state index in [4.69, 9.17) is 14.8 Å². The first-order valence-electron chi connectivity index (χ1n) is 3.35. The molecule has 1 rings (SSSR count). The average Bonchev–Trinajstić information content (AvgIpc) is 2.42. The summed E-state index contributed by atoms with van der Waals surface area (Å²) in [4.78, 5) is 14.0. The molecule has 0 saturated heterocycles. The molecule has 5 nitrogen and oxygen atoms in total. The summed E-state index contributed by atoms with van der Waals surface area (Å²) in [6.07, 6.45) is 0. The van der Waals surface area contributed by atoms with E-state index in [0.29, 0.717) is 5.89 Å². The van der Waals surface area contributed by atoms with Gasteiger partial charge in [-0.2, -0.15) is 5.26 Å². The third-order valence-corrected chi connectivity index (χ3v) is 2.07. The molecular formula is C7H6N2O3S. The molecule has 0 amide bonds. The molecule has 0 aliphatic carbocycles. The van der Waals surface area contributed by atoms with Gasteiger partial charge < -0.3 is 9.52 Å². The minimum absolute atomic E-state index is 0.136. The van der Waals surface area contributed by atoms with Crippen LogP contribution in [0.15, 0.2) is 9.51 Å². The topological polar surface area (TPSA) is 87.1 Å². The molecule has 1 aromatic heterocycles. The first-order valence-corrected chi connectivity index (χ1v) is 4.34. The lowest BCUT2D eigenvalue weighted by Gasteiger charge is -1.90. The van der Waals surface area contributed by atoms with Crippen molar-refractivity contribution in [2.45, 2.75) is 12.0 Å². The summed E-state index contributed by atoms with van der Waals surface area (Å²) in [5, 5.41) is 17.2. The van der Waals surface area contributed by atoms with Gasteiger partial charge >= 0.3 is 5.97 Å². The maximum absolute atomic E-state index is 10.2. The van der Waals surface area contributed by atoms with Gasteiger partial charge in [-0.1, -0.05) is 11.8 Å². The van der Waals surface area contributed by atoms with Crippen molar-refractivity contribution in [2.24, 2.45) is 0 Å². The highest BCUT2D eigenvalue weighted by molar-refractivity contribution is 7.99. The van der Waals surface area contributed by atoms with E-state index in [1.165, 1.54) is 0 Å². The molecule has 0 fully saturated rings. The molecule has 0 aromatic carbocycles. The Morgan fingerprint density at radius 2 is 2.54 bits per heavy atom. The number of carboxylic acids is 1. The summed E-state index contributed by atoms with van der Waals surface area (Å²) < 4.78 is 5.02. The van der Waals surface area contributed by atoms with Crippen LogP contribution in [0.2, 0.25) is 0 Å². The smallest absolute Gasteiger partial charge is 0.313 e. The maximum atomic E-state index is 10.2. The number of aromatic nitrogens is 1. The number of thioether (sulfide) groups is 1. The molecule has 0 spiro atoms. The van der Waals surface area contributed by atoms with E-state index in [0.717, 1.165) is 11.8 Å². The Bertz CT molecular complexity index is 366. The van der Waals surface area contributed by atoms with Gasteiger partial charge in [-0.15, -0.1) is 0 Å². The van der Waals surface area contributed by atoms with E-state index in [2.05, 4.69) is 4.98 Å². The van der Waals surface area contributed by atoms with Crippen molar-refractivity contribution >= 4 is 17.7 Å². The molecule has 1 aromatic rings. The highest BCUT2D eigenvalue weighted by Gasteiger charge is 2.12. The van der Waals surface area contributed by atoms with E-state index in [1.54, 1.807) is 6.92 Å². The van der Waals surface area contributed by atoms with Crippen molar-refractivity contribution in [1.29, 1.82) is 5.26 Å². The molecule has 0 aliphatic rings. The minimum atomic E-state index is -0.956. The fraction of sp³-hybridized carbons (Fsp3) is 0.286. The number of rotatable bonds is 3. The van der Waals surface area contributed by atoms with Crippen molar-refractivity contribution in [1.82, 2.24) is 4.98 Å². The molecule has 0 unspecified atom stereocenters. The highest BCUT2D eigenvalue weighted by atomic mass is 32.2. The van der Waals surface area contributed by atoms with Crippen molar-refractivity contribution in [3.63, 3.8) is 0 Å². The van der Waals surface area contributed by atoms with Gasteiger partial charge in [0.15, 0.2) is 16.7 Å². The number of carboxylic acid groups (broad SMARTS) is 1. The zero-order chi connectivity index (χ0) is 9.84. The highest BCUT2D eigenvalue weighted by Crippen LogP contribution is 2.22. The zero-order valence-electron chi connectivity index (χ0n) is 6.77. The molecule has 1 N–H and O–H groups in total. The first kappa shape index (κ1) is 9.61. The van der Waals surface area contributed by atoms with Gasteiger partial charge in [-0.3, -0.25) is 4.79 Å². The SMILES string of the molecule is Cc1nc(C#N)c(SCC(=O)O)o1. The molecular weight excluding hydrogens is 192 g/mol. The van der Waals surface area contributed by atoms with Crippen LogP contribution in [0.1, 0.15) is 11.6 Å². The van der Waals surface area contributed by atoms with Crippen LogP contribution >= 0.6 is 11.8 Å². The number of aliphatic carboxylic acids is 1. The monoisotopic (exact) mass is 198 g/mol. The van der Waals surface area contributed by atoms with E-state index in [-0.39, 0.29) is 16.5 Å². The molecule has 13 heavy (non-hydrogen) atoms. The zero-order valence-corrected chi connectivity index (χ0v) is 7.59. The number of carbonyl (C=O) groups is 1. The predicted octanol–water partition coefficient (Wildman–Crippen LogP) is 1.03. The van der Waals surface area contributed by atoms with Crippen molar-refractivity contribution in [3.05, 3.63) is 11.6 Å². The van der Waals surface area contributed by atoms with Gasteiger partial charge in [0.1, 0.15) is 6.07 Å². The lowest BCUT2D eigenvalue weighted by Crippen LogP contribution is -1.97. The summed E-state index contributed by atoms with van der Waals surface area (Å²) in [7, 11) is 0. The maximum Gasteiger partial charge on any atom is 0.313 e. The van der Waals surface area contributed by atoms with Crippen LogP contribution in [-0.4, -0.2) is 21.8 Å². The van der Waals surface area contributed by atoms with Gasteiger partial charge in [0, 0.05) is 6.92 Å². The van der Waals surface area contributed by atoms with E-state index in [9.17, 15) is 4.79 Å². The van der Waals surface area contributed by atoms with Crippen LogP contribution in [0.3, 0.4) is 0 Å². The summed E-state index contributed by atoms with van der Waals surface area (Å²) in [5.41, 5.74) is 0.142. The Balaban J connectivity index is 2.76. The third-order valence-electron chi connectivity index (χ3n) is 1.14. The Kier molecular flexibility index (Phi) is 2.93. The molecule has 0 saturated carbocycles. The number of nitriles is 1. The van der Waals surface area contributed by atoms with Crippen molar-refractivity contribution < 1.29 is 14.3 Å². The van der Waals surface area contributed by atoms with E-state index in [1.807, 2.05) is 6.07 Å². The van der Waals surface area contributed by atoms with Crippen molar-refractivity contribution in [2.75, 3.05) is 5.75 Å². The van der Waals surface area contributed by atoms with Gasteiger partial charge in [0.25, 0.3) is 0 Å².